The lowest BCUT2D eigenvalue weighted by Crippen LogP contribution is -2.16. The Labute approximate surface area is 155 Å². The predicted molar refractivity (Wildman–Crippen MR) is 102 cm³/mol. The highest BCUT2D eigenvalue weighted by molar-refractivity contribution is 7.21. The van der Waals surface area contributed by atoms with Crippen LogP contribution < -0.4 is 14.2 Å². The fourth-order valence-electron chi connectivity index (χ4n) is 2.85. The number of hydrogen-bond acceptors (Lipinski definition) is 5. The zero-order valence-corrected chi connectivity index (χ0v) is 15.6. The van der Waals surface area contributed by atoms with Crippen molar-refractivity contribution in [1.29, 1.82) is 0 Å². The number of rotatable bonds is 7. The van der Waals surface area contributed by atoms with Crippen molar-refractivity contribution in [2.45, 2.75) is 19.4 Å². The Hall–Kier alpha value is -2.73. The van der Waals surface area contributed by atoms with E-state index in [1.807, 2.05) is 37.3 Å². The van der Waals surface area contributed by atoms with Gasteiger partial charge in [-0.25, -0.2) is 4.79 Å². The lowest BCUT2D eigenvalue weighted by atomic mass is 10.1. The van der Waals surface area contributed by atoms with Crippen LogP contribution in [0.2, 0.25) is 0 Å². The van der Waals surface area contributed by atoms with Gasteiger partial charge in [-0.15, -0.1) is 11.3 Å². The lowest BCUT2D eigenvalue weighted by Gasteiger charge is -2.15. The van der Waals surface area contributed by atoms with Gasteiger partial charge in [-0.1, -0.05) is 30.3 Å². The Kier molecular flexibility index (Phi) is 5.32. The van der Waals surface area contributed by atoms with Gasteiger partial charge in [0.25, 0.3) is 0 Å². The number of benzene rings is 2. The second-order valence-electron chi connectivity index (χ2n) is 5.89. The maximum Gasteiger partial charge on any atom is 0.349 e. The van der Waals surface area contributed by atoms with Crippen LogP contribution in [0.1, 0.15) is 22.2 Å². The molecule has 1 aromatic heterocycles. The minimum Gasteiger partial charge on any atom is -0.493 e. The number of thiophene rings is 1. The standard InChI is InChI=1S/C20H20O5S/c1-12(9-13-7-5-4-6-8-13)25-18-14-10-15(23-2)16(24-3)11-17(14)26-19(18)20(21)22/h4-8,10-12H,9H2,1-3H3,(H,21,22)/t12-/m1/s1. The van der Waals surface area contributed by atoms with Crippen LogP contribution in [0.3, 0.4) is 0 Å². The van der Waals surface area contributed by atoms with E-state index in [1.165, 1.54) is 11.3 Å². The molecule has 0 saturated carbocycles. The molecule has 0 saturated heterocycles. The summed E-state index contributed by atoms with van der Waals surface area (Å²) in [4.78, 5) is 11.9. The van der Waals surface area contributed by atoms with Gasteiger partial charge in [0, 0.05) is 22.6 Å². The van der Waals surface area contributed by atoms with Gasteiger partial charge in [0.1, 0.15) is 6.10 Å². The van der Waals surface area contributed by atoms with Gasteiger partial charge < -0.3 is 19.3 Å². The van der Waals surface area contributed by atoms with E-state index in [0.29, 0.717) is 29.1 Å². The fraction of sp³-hybridized carbons (Fsp3) is 0.250. The zero-order valence-electron chi connectivity index (χ0n) is 14.8. The SMILES string of the molecule is COc1cc2sc(C(=O)O)c(O[C@H](C)Cc3ccccc3)c2cc1OC. The average Bonchev–Trinajstić information content (AvgIpc) is 2.99. The highest BCUT2D eigenvalue weighted by Crippen LogP contribution is 2.43. The van der Waals surface area contributed by atoms with Crippen LogP contribution in [0.5, 0.6) is 17.2 Å². The molecule has 3 rings (SSSR count). The average molecular weight is 372 g/mol. The molecule has 136 valence electrons. The van der Waals surface area contributed by atoms with Crippen molar-refractivity contribution in [2.24, 2.45) is 0 Å². The largest absolute Gasteiger partial charge is 0.493 e. The summed E-state index contributed by atoms with van der Waals surface area (Å²) < 4.78 is 17.5. The molecule has 0 bridgehead atoms. The normalized spacial score (nSPS) is 12.0. The number of carboxylic acids is 1. The summed E-state index contributed by atoms with van der Waals surface area (Å²) in [6, 6.07) is 13.5. The van der Waals surface area contributed by atoms with E-state index in [1.54, 1.807) is 26.4 Å². The minimum atomic E-state index is -1.01. The molecule has 2 aromatic carbocycles. The first-order chi connectivity index (χ1) is 12.5. The minimum absolute atomic E-state index is 0.176. The van der Waals surface area contributed by atoms with Crippen molar-refractivity contribution in [1.82, 2.24) is 0 Å². The van der Waals surface area contributed by atoms with Crippen LogP contribution in [0, 0.1) is 0 Å². The Balaban J connectivity index is 1.99. The first kappa shape index (κ1) is 18.1. The van der Waals surface area contributed by atoms with Crippen molar-refractivity contribution in [3.63, 3.8) is 0 Å². The Morgan fingerprint density at radius 3 is 2.38 bits per heavy atom. The molecule has 3 aromatic rings. The Bertz CT molecular complexity index is 917. The van der Waals surface area contributed by atoms with Gasteiger partial charge in [0.2, 0.25) is 0 Å². The van der Waals surface area contributed by atoms with E-state index in [4.69, 9.17) is 14.2 Å². The van der Waals surface area contributed by atoms with E-state index < -0.39 is 5.97 Å². The monoisotopic (exact) mass is 372 g/mol. The molecule has 0 aliphatic rings. The summed E-state index contributed by atoms with van der Waals surface area (Å²) in [7, 11) is 3.10. The molecule has 1 atom stereocenters. The number of aromatic carboxylic acids is 1. The third-order valence-electron chi connectivity index (χ3n) is 4.03. The summed E-state index contributed by atoms with van der Waals surface area (Å²) in [5.74, 6) is 0.463. The number of carboxylic acid groups (broad SMARTS) is 1. The molecule has 0 aliphatic heterocycles. The second-order valence-corrected chi connectivity index (χ2v) is 6.94. The molecule has 1 N–H and O–H groups in total. The number of fused-ring (bicyclic) bond motifs is 1. The number of ether oxygens (including phenoxy) is 3. The summed E-state index contributed by atoms with van der Waals surface area (Å²) in [6.07, 6.45) is 0.506. The lowest BCUT2D eigenvalue weighted by molar-refractivity contribution is 0.0696. The number of methoxy groups -OCH3 is 2. The summed E-state index contributed by atoms with van der Waals surface area (Å²) in [6.45, 7) is 1.93. The number of carbonyl (C=O) groups is 1. The van der Waals surface area contributed by atoms with Crippen molar-refractivity contribution in [2.75, 3.05) is 14.2 Å². The third kappa shape index (κ3) is 3.60. The molecule has 0 radical (unpaired) electrons. The summed E-state index contributed by atoms with van der Waals surface area (Å²) in [5.41, 5.74) is 1.13. The molecule has 0 aliphatic carbocycles. The first-order valence-electron chi connectivity index (χ1n) is 8.16. The zero-order chi connectivity index (χ0) is 18.7. The van der Waals surface area contributed by atoms with Crippen LogP contribution in [0.15, 0.2) is 42.5 Å². The van der Waals surface area contributed by atoms with Gasteiger partial charge in [0.15, 0.2) is 22.1 Å². The number of hydrogen-bond donors (Lipinski definition) is 1. The maximum absolute atomic E-state index is 11.7. The second kappa shape index (κ2) is 7.66. The van der Waals surface area contributed by atoms with Gasteiger partial charge in [-0.05, 0) is 18.6 Å². The predicted octanol–water partition coefficient (Wildman–Crippen LogP) is 4.63. The van der Waals surface area contributed by atoms with E-state index >= 15 is 0 Å². The molecule has 1 heterocycles. The molecule has 0 amide bonds. The van der Waals surface area contributed by atoms with Crippen LogP contribution in [0.25, 0.3) is 10.1 Å². The smallest absolute Gasteiger partial charge is 0.349 e. The van der Waals surface area contributed by atoms with Crippen molar-refractivity contribution >= 4 is 27.4 Å². The molecule has 0 spiro atoms. The van der Waals surface area contributed by atoms with Gasteiger partial charge >= 0.3 is 5.97 Å². The van der Waals surface area contributed by atoms with E-state index in [2.05, 4.69) is 0 Å². The molecular formula is C20H20O5S. The highest BCUT2D eigenvalue weighted by Gasteiger charge is 2.23. The van der Waals surface area contributed by atoms with Crippen LogP contribution in [-0.2, 0) is 6.42 Å². The van der Waals surface area contributed by atoms with E-state index in [9.17, 15) is 9.90 Å². The van der Waals surface area contributed by atoms with E-state index in [0.717, 1.165) is 10.3 Å². The topological polar surface area (TPSA) is 65.0 Å². The fourth-order valence-corrected chi connectivity index (χ4v) is 3.83. The van der Waals surface area contributed by atoms with Crippen molar-refractivity contribution < 1.29 is 24.1 Å². The molecular weight excluding hydrogens is 352 g/mol. The maximum atomic E-state index is 11.7. The third-order valence-corrected chi connectivity index (χ3v) is 5.15. The molecule has 0 fully saturated rings. The van der Waals surface area contributed by atoms with Gasteiger partial charge in [-0.2, -0.15) is 0 Å². The molecule has 5 nitrogen and oxygen atoms in total. The first-order valence-corrected chi connectivity index (χ1v) is 8.97. The van der Waals surface area contributed by atoms with Gasteiger partial charge in [0.05, 0.1) is 14.2 Å². The molecule has 0 unspecified atom stereocenters. The summed E-state index contributed by atoms with van der Waals surface area (Å²) in [5, 5.41) is 10.3. The summed E-state index contributed by atoms with van der Waals surface area (Å²) >= 11 is 1.17. The van der Waals surface area contributed by atoms with Crippen LogP contribution in [-0.4, -0.2) is 31.4 Å². The quantitative estimate of drug-likeness (QED) is 0.655. The Morgan fingerprint density at radius 1 is 1.12 bits per heavy atom. The van der Waals surface area contributed by atoms with Crippen molar-refractivity contribution in [3.8, 4) is 17.2 Å². The van der Waals surface area contributed by atoms with Crippen LogP contribution >= 0.6 is 11.3 Å². The Morgan fingerprint density at radius 2 is 1.77 bits per heavy atom. The van der Waals surface area contributed by atoms with Gasteiger partial charge in [-0.3, -0.25) is 0 Å². The highest BCUT2D eigenvalue weighted by atomic mass is 32.1. The van der Waals surface area contributed by atoms with E-state index in [-0.39, 0.29) is 11.0 Å². The van der Waals surface area contributed by atoms with Crippen LogP contribution in [0.4, 0.5) is 0 Å². The molecule has 6 heteroatoms. The molecule has 26 heavy (non-hydrogen) atoms. The van der Waals surface area contributed by atoms with Crippen molar-refractivity contribution in [3.05, 3.63) is 52.9 Å².